The smallest absolute Gasteiger partial charge is 0.331 e. The maximum Gasteiger partial charge on any atom is 0.331 e. The molecular weight excluding hydrogens is 353 g/mol. The highest BCUT2D eigenvalue weighted by Gasteiger charge is 2.59. The van der Waals surface area contributed by atoms with Gasteiger partial charge in [0.05, 0.1) is 12.5 Å². The van der Waals surface area contributed by atoms with Gasteiger partial charge in [0.15, 0.2) is 8.32 Å². The fraction of sp³-hybridized carbons (Fsp3) is 0.619. The van der Waals surface area contributed by atoms with Crippen molar-refractivity contribution in [3.63, 3.8) is 0 Å². The Morgan fingerprint density at radius 2 is 1.89 bits per heavy atom. The lowest BCUT2D eigenvalue weighted by molar-refractivity contribution is -0.129. The highest BCUT2D eigenvalue weighted by Crippen LogP contribution is 2.56. The van der Waals surface area contributed by atoms with E-state index in [1.165, 1.54) is 18.5 Å². The number of amides is 1. The minimum atomic E-state index is -1.96. The van der Waals surface area contributed by atoms with Crippen LogP contribution in [-0.2, 0) is 19.4 Å². The molecule has 145 valence electrons. The molecule has 2 aliphatic rings. The van der Waals surface area contributed by atoms with Gasteiger partial charge in [-0.05, 0) is 29.3 Å². The van der Waals surface area contributed by atoms with E-state index in [1.807, 2.05) is 12.1 Å². The van der Waals surface area contributed by atoms with Crippen molar-refractivity contribution in [2.24, 2.45) is 5.92 Å². The number of hydrogen-bond acceptors (Lipinski definition) is 3. The topological polar surface area (TPSA) is 46.6 Å². The van der Waals surface area contributed by atoms with Gasteiger partial charge in [-0.2, -0.15) is 0 Å². The van der Waals surface area contributed by atoms with Crippen molar-refractivity contribution in [3.8, 4) is 0 Å². The Hall–Kier alpha value is -1.40. The third-order valence-electron chi connectivity index (χ3n) is 7.09. The molecule has 1 amide bonds. The Balaban J connectivity index is 1.99. The van der Waals surface area contributed by atoms with Crippen molar-refractivity contribution in [1.29, 1.82) is 0 Å². The third-order valence-corrected chi connectivity index (χ3v) is 11.6. The zero-order valence-electron chi connectivity index (χ0n) is 17.6. The summed E-state index contributed by atoms with van der Waals surface area (Å²) in [6, 6.07) is 8.23. The maximum atomic E-state index is 13.3. The molecule has 1 radical (unpaired) electrons. The fourth-order valence-corrected chi connectivity index (χ4v) is 5.52. The largest absolute Gasteiger partial charge is 0.415 e. The van der Waals surface area contributed by atoms with Gasteiger partial charge >= 0.3 is 7.41 Å². The Morgan fingerprint density at radius 1 is 1.26 bits per heavy atom. The van der Waals surface area contributed by atoms with Crippen LogP contribution in [0, 0.1) is 5.92 Å². The number of carbonyl (C=O) groups excluding carboxylic acids is 2. The molecule has 1 fully saturated rings. The molecule has 0 saturated carbocycles. The van der Waals surface area contributed by atoms with E-state index in [-0.39, 0.29) is 34.2 Å². The first-order valence-electron chi connectivity index (χ1n) is 9.77. The van der Waals surface area contributed by atoms with Crippen molar-refractivity contribution in [3.05, 3.63) is 35.4 Å². The van der Waals surface area contributed by atoms with Crippen molar-refractivity contribution < 1.29 is 14.0 Å². The van der Waals surface area contributed by atoms with Gasteiger partial charge in [-0.25, -0.2) is 0 Å². The van der Waals surface area contributed by atoms with Crippen LogP contribution >= 0.6 is 0 Å². The van der Waals surface area contributed by atoms with E-state index in [0.29, 0.717) is 6.61 Å². The van der Waals surface area contributed by atoms with Crippen LogP contribution in [0.25, 0.3) is 0 Å². The Bertz CT molecular complexity index is 756. The van der Waals surface area contributed by atoms with E-state index < -0.39 is 8.32 Å². The third kappa shape index (κ3) is 3.11. The average molecular weight is 384 g/mol. The molecule has 6 heteroatoms. The zero-order valence-corrected chi connectivity index (χ0v) is 18.6. The second-order valence-corrected chi connectivity index (χ2v) is 14.8. The molecule has 0 N–H and O–H groups in total. The summed E-state index contributed by atoms with van der Waals surface area (Å²) in [5.74, 6) is -0.0547. The van der Waals surface area contributed by atoms with Crippen LogP contribution in [0.1, 0.15) is 51.7 Å². The highest BCUT2D eigenvalue weighted by molar-refractivity contribution is 6.74. The molecule has 4 nitrogen and oxygen atoms in total. The molecule has 0 spiro atoms. The van der Waals surface area contributed by atoms with Gasteiger partial charge in [0.25, 0.3) is 0 Å². The van der Waals surface area contributed by atoms with Crippen LogP contribution in [-0.4, -0.2) is 45.3 Å². The molecule has 3 atom stereocenters. The quantitative estimate of drug-likeness (QED) is 0.574. The number of rotatable bonds is 5. The number of carbonyl (C=O) groups is 2. The summed E-state index contributed by atoms with van der Waals surface area (Å²) in [6.45, 7) is 15.8. The molecule has 1 saturated heterocycles. The molecular formula is C21H31BNO3Si. The summed E-state index contributed by atoms with van der Waals surface area (Å²) in [4.78, 5) is 26.2. The number of fused-ring (bicyclic) bond motifs is 3. The van der Waals surface area contributed by atoms with Crippen molar-refractivity contribution in [2.45, 2.75) is 70.1 Å². The molecule has 1 aliphatic carbocycles. The molecule has 0 bridgehead atoms. The van der Waals surface area contributed by atoms with E-state index in [1.54, 1.807) is 4.81 Å². The van der Waals surface area contributed by atoms with E-state index in [0.717, 1.165) is 6.19 Å². The zero-order chi connectivity index (χ0) is 20.2. The van der Waals surface area contributed by atoms with Crippen LogP contribution in [0.4, 0.5) is 0 Å². The molecule has 0 aromatic heterocycles. The maximum absolute atomic E-state index is 13.3. The van der Waals surface area contributed by atoms with Gasteiger partial charge in [0.2, 0.25) is 5.91 Å². The Labute approximate surface area is 165 Å². The first-order valence-corrected chi connectivity index (χ1v) is 12.7. The van der Waals surface area contributed by atoms with Gasteiger partial charge < -0.3 is 14.0 Å². The summed E-state index contributed by atoms with van der Waals surface area (Å²) in [5.41, 5.74) is 2.22. The standard InChI is InChI=1S/C21H31BNO3Si/c1-20(2,3)27(6,7)26-12-16-17-14-10-8-9-11-15(14)21(4,5)18(17)19(25)23(16)22-13-24/h8-11,13,16-18H,12H2,1-7H3/t16-,17-,18?/m1/s1. The lowest BCUT2D eigenvalue weighted by Crippen LogP contribution is -2.47. The minimum Gasteiger partial charge on any atom is -0.415 e. The van der Waals surface area contributed by atoms with Crippen LogP contribution < -0.4 is 0 Å². The average Bonchev–Trinajstić information content (AvgIpc) is 2.97. The van der Waals surface area contributed by atoms with Crippen molar-refractivity contribution >= 4 is 27.8 Å². The van der Waals surface area contributed by atoms with Gasteiger partial charge in [-0.15, -0.1) is 0 Å². The number of benzene rings is 1. The van der Waals surface area contributed by atoms with Gasteiger partial charge in [0.1, 0.15) is 6.19 Å². The fourth-order valence-electron chi connectivity index (χ4n) is 4.50. The molecule has 27 heavy (non-hydrogen) atoms. The van der Waals surface area contributed by atoms with Crippen molar-refractivity contribution in [1.82, 2.24) is 4.81 Å². The number of nitrogens with zero attached hydrogens (tertiary/aromatic N) is 1. The van der Waals surface area contributed by atoms with E-state index in [2.05, 4.69) is 59.8 Å². The highest BCUT2D eigenvalue weighted by atomic mass is 28.4. The van der Waals surface area contributed by atoms with E-state index in [4.69, 9.17) is 4.43 Å². The predicted molar refractivity (Wildman–Crippen MR) is 112 cm³/mol. The van der Waals surface area contributed by atoms with Crippen LogP contribution in [0.5, 0.6) is 0 Å². The second kappa shape index (κ2) is 6.59. The summed E-state index contributed by atoms with van der Waals surface area (Å²) >= 11 is 0. The molecule has 1 aromatic carbocycles. The first kappa shape index (κ1) is 20.3. The van der Waals surface area contributed by atoms with E-state index >= 15 is 0 Å². The molecule has 1 aromatic rings. The van der Waals surface area contributed by atoms with Crippen LogP contribution in [0.3, 0.4) is 0 Å². The summed E-state index contributed by atoms with van der Waals surface area (Å²) in [6.07, 6.45) is 0.719. The van der Waals surface area contributed by atoms with Gasteiger partial charge in [0, 0.05) is 17.4 Å². The number of hydrogen-bond donors (Lipinski definition) is 0. The van der Waals surface area contributed by atoms with Crippen LogP contribution in [0.15, 0.2) is 24.3 Å². The summed E-state index contributed by atoms with van der Waals surface area (Å²) in [5, 5.41) is 0.0983. The Morgan fingerprint density at radius 3 is 2.48 bits per heavy atom. The monoisotopic (exact) mass is 384 g/mol. The summed E-state index contributed by atoms with van der Waals surface area (Å²) < 4.78 is 6.50. The Kier molecular flexibility index (Phi) is 4.96. The second-order valence-electron chi connectivity index (χ2n) is 9.98. The van der Waals surface area contributed by atoms with Gasteiger partial charge in [-0.3, -0.25) is 4.79 Å². The normalized spacial score (nSPS) is 26.7. The van der Waals surface area contributed by atoms with Gasteiger partial charge in [-0.1, -0.05) is 58.9 Å². The summed E-state index contributed by atoms with van der Waals surface area (Å²) in [7, 11) is -0.557. The first-order chi connectivity index (χ1) is 12.4. The lowest BCUT2D eigenvalue weighted by Gasteiger charge is -2.38. The molecule has 3 rings (SSSR count). The van der Waals surface area contributed by atoms with Crippen molar-refractivity contribution in [2.75, 3.05) is 6.61 Å². The molecule has 1 unspecified atom stereocenters. The lowest BCUT2D eigenvalue weighted by atomic mass is 9.76. The van der Waals surface area contributed by atoms with Crippen LogP contribution in [0.2, 0.25) is 18.1 Å². The molecule has 1 heterocycles. The van der Waals surface area contributed by atoms with E-state index in [9.17, 15) is 9.59 Å². The SMILES string of the molecule is CC1(C)c2ccccc2[C@H]2C1C(=O)N([B]C=O)[C@@H]2CO[Si](C)(C)C(C)(C)C. The predicted octanol–water partition coefficient (Wildman–Crippen LogP) is 3.72. The minimum absolute atomic E-state index is 0.0390. The molecule has 1 aliphatic heterocycles.